The van der Waals surface area contributed by atoms with E-state index in [0.717, 1.165) is 154 Å². The van der Waals surface area contributed by atoms with Crippen LogP contribution in [0.3, 0.4) is 0 Å². The lowest BCUT2D eigenvalue weighted by molar-refractivity contribution is -0.167. The Balaban J connectivity index is 4.52. The third-order valence-electron chi connectivity index (χ3n) is 13.4. The zero-order valence-electron chi connectivity index (χ0n) is 53.1. The first-order valence-electron chi connectivity index (χ1n) is 33.3. The summed E-state index contributed by atoms with van der Waals surface area (Å²) in [6, 6.07) is 0. The summed E-state index contributed by atoms with van der Waals surface area (Å²) in [5.41, 5.74) is 0. The average Bonchev–Trinajstić information content (AvgIpc) is 3.49. The Morgan fingerprint density at radius 1 is 0.253 bits per heavy atom. The molecule has 0 saturated carbocycles. The molecule has 0 radical (unpaired) electrons. The maximum atomic E-state index is 12.9. The van der Waals surface area contributed by atoms with Crippen LogP contribution < -0.4 is 0 Å². The Labute approximate surface area is 510 Å². The number of esters is 3. The van der Waals surface area contributed by atoms with E-state index in [0.29, 0.717) is 12.8 Å². The van der Waals surface area contributed by atoms with Gasteiger partial charge in [-0.15, -0.1) is 0 Å². The Kier molecular flexibility index (Phi) is 64.4. The maximum absolute atomic E-state index is 12.9. The standard InChI is InChI=1S/C77H120O6/c1-4-7-10-13-16-19-22-25-27-29-31-33-35-36-37-38-39-40-42-43-45-47-49-52-55-58-61-64-67-70-76(79)82-73-74(72-81-75(78)69-66-63-60-57-54-51-24-21-18-15-12-9-6-3)83-77(80)71-68-65-62-59-56-53-50-48-46-44-41-34-32-30-28-26-23-20-17-14-11-8-5-2/h7-8,10-11,16-17,19-20,25-28,31-34,36-37,39-40,43-46,49-50,52-53,58,61,74H,4-6,9,12-15,18,21-24,29-30,35,38,41-42,47-48,51,54-57,59-60,62-73H2,1-3H3/b10-7-,11-8-,19-16-,20-17-,27-25-,28-26-,33-31-,34-32-,37-36-,40-39-,45-43-,46-44-,52-49-,53-50-,61-58-. The smallest absolute Gasteiger partial charge is 0.306 e. The third-order valence-corrected chi connectivity index (χ3v) is 13.4. The lowest BCUT2D eigenvalue weighted by Gasteiger charge is -2.18. The molecule has 0 aliphatic rings. The normalized spacial score (nSPS) is 13.3. The second kappa shape index (κ2) is 69.0. The minimum Gasteiger partial charge on any atom is -0.462 e. The van der Waals surface area contributed by atoms with Crippen LogP contribution in [0.2, 0.25) is 0 Å². The molecular formula is C77H120O6. The molecule has 0 aromatic rings. The molecule has 6 nitrogen and oxygen atoms in total. The van der Waals surface area contributed by atoms with Crippen molar-refractivity contribution in [2.24, 2.45) is 0 Å². The van der Waals surface area contributed by atoms with E-state index in [9.17, 15) is 14.4 Å². The molecule has 0 aliphatic heterocycles. The van der Waals surface area contributed by atoms with Crippen LogP contribution in [-0.2, 0) is 28.6 Å². The number of unbranched alkanes of at least 4 members (excludes halogenated alkanes) is 17. The van der Waals surface area contributed by atoms with Gasteiger partial charge in [0.05, 0.1) is 0 Å². The fourth-order valence-corrected chi connectivity index (χ4v) is 8.51. The van der Waals surface area contributed by atoms with Crippen molar-refractivity contribution in [2.75, 3.05) is 13.2 Å². The van der Waals surface area contributed by atoms with E-state index >= 15 is 0 Å². The molecule has 0 amide bonds. The highest BCUT2D eigenvalue weighted by atomic mass is 16.6. The Bertz CT molecular complexity index is 1940. The second-order valence-electron chi connectivity index (χ2n) is 21.3. The van der Waals surface area contributed by atoms with E-state index in [2.05, 4.69) is 203 Å². The van der Waals surface area contributed by atoms with Crippen molar-refractivity contribution in [2.45, 2.75) is 271 Å². The summed E-state index contributed by atoms with van der Waals surface area (Å²) < 4.78 is 16.9. The van der Waals surface area contributed by atoms with Crippen LogP contribution in [0.1, 0.15) is 265 Å². The lowest BCUT2D eigenvalue weighted by atomic mass is 10.0. The molecule has 1 unspecified atom stereocenters. The summed E-state index contributed by atoms with van der Waals surface area (Å²) in [5, 5.41) is 0. The summed E-state index contributed by atoms with van der Waals surface area (Å²) in [6.45, 7) is 6.34. The number of allylic oxidation sites excluding steroid dienone is 30. The molecule has 464 valence electrons. The van der Waals surface area contributed by atoms with Crippen LogP contribution in [0.15, 0.2) is 182 Å². The molecule has 0 N–H and O–H groups in total. The molecule has 0 rings (SSSR count). The quantitative estimate of drug-likeness (QED) is 0.0261. The number of ether oxygens (including phenoxy) is 3. The van der Waals surface area contributed by atoms with E-state index in [1.807, 2.05) is 0 Å². The number of rotatable bonds is 58. The molecule has 0 aliphatic carbocycles. The molecular weight excluding hydrogens is 1020 g/mol. The van der Waals surface area contributed by atoms with Gasteiger partial charge in [-0.05, 0) is 135 Å². The summed E-state index contributed by atoms with van der Waals surface area (Å²) in [6.07, 6.45) is 103. The van der Waals surface area contributed by atoms with Crippen LogP contribution in [0.25, 0.3) is 0 Å². The SMILES string of the molecule is CC/C=C\C/C=C\C/C=C\C/C=C\C/C=C\C/C=C\C/C=C\C/C=C\C/C=C\CCCC(=O)OCC(COC(=O)CCCCCCCCCCCCCCC)OC(=O)CCCCCC/C=C\C/C=C\C/C=C\C/C=C\C/C=C\C/C=C\CC. The van der Waals surface area contributed by atoms with Gasteiger partial charge in [-0.2, -0.15) is 0 Å². The van der Waals surface area contributed by atoms with Crippen molar-refractivity contribution in [3.8, 4) is 0 Å². The number of carbonyl (C=O) groups excluding carboxylic acids is 3. The van der Waals surface area contributed by atoms with Crippen LogP contribution in [0.4, 0.5) is 0 Å². The largest absolute Gasteiger partial charge is 0.462 e. The highest BCUT2D eigenvalue weighted by Gasteiger charge is 2.19. The first-order valence-corrected chi connectivity index (χ1v) is 33.3. The van der Waals surface area contributed by atoms with Crippen molar-refractivity contribution in [1.29, 1.82) is 0 Å². The van der Waals surface area contributed by atoms with Crippen LogP contribution >= 0.6 is 0 Å². The molecule has 0 aromatic heterocycles. The van der Waals surface area contributed by atoms with Gasteiger partial charge in [-0.25, -0.2) is 0 Å². The van der Waals surface area contributed by atoms with Crippen LogP contribution in [0, 0.1) is 0 Å². The number of hydrogen-bond donors (Lipinski definition) is 0. The highest BCUT2D eigenvalue weighted by molar-refractivity contribution is 5.71. The van der Waals surface area contributed by atoms with Gasteiger partial charge in [0.15, 0.2) is 6.10 Å². The molecule has 6 heteroatoms. The molecule has 0 spiro atoms. The highest BCUT2D eigenvalue weighted by Crippen LogP contribution is 2.15. The second-order valence-corrected chi connectivity index (χ2v) is 21.3. The Hall–Kier alpha value is -5.49. The molecule has 0 bridgehead atoms. The minimum absolute atomic E-state index is 0.113. The zero-order valence-corrected chi connectivity index (χ0v) is 53.1. The summed E-state index contributed by atoms with van der Waals surface area (Å²) in [5.74, 6) is -1.01. The summed E-state index contributed by atoms with van der Waals surface area (Å²) in [4.78, 5) is 38.3. The van der Waals surface area contributed by atoms with Gasteiger partial charge in [-0.3, -0.25) is 14.4 Å². The zero-order chi connectivity index (χ0) is 59.9. The average molecular weight is 1140 g/mol. The third kappa shape index (κ3) is 67.2. The minimum atomic E-state index is -0.826. The van der Waals surface area contributed by atoms with E-state index < -0.39 is 6.10 Å². The van der Waals surface area contributed by atoms with Gasteiger partial charge >= 0.3 is 17.9 Å². The number of carbonyl (C=O) groups is 3. The van der Waals surface area contributed by atoms with Crippen LogP contribution in [0.5, 0.6) is 0 Å². The topological polar surface area (TPSA) is 78.9 Å². The molecule has 0 aromatic carbocycles. The van der Waals surface area contributed by atoms with Crippen molar-refractivity contribution in [3.63, 3.8) is 0 Å². The van der Waals surface area contributed by atoms with Crippen molar-refractivity contribution in [1.82, 2.24) is 0 Å². The van der Waals surface area contributed by atoms with E-state index in [-0.39, 0.29) is 44.0 Å². The first-order chi connectivity index (χ1) is 41.0. The summed E-state index contributed by atoms with van der Waals surface area (Å²) in [7, 11) is 0. The van der Waals surface area contributed by atoms with E-state index in [4.69, 9.17) is 14.2 Å². The number of hydrogen-bond acceptors (Lipinski definition) is 6. The fraction of sp³-hybridized carbons (Fsp3) is 0.571. The predicted molar refractivity (Wildman–Crippen MR) is 361 cm³/mol. The van der Waals surface area contributed by atoms with Gasteiger partial charge in [0.1, 0.15) is 13.2 Å². The van der Waals surface area contributed by atoms with Crippen molar-refractivity contribution >= 4 is 17.9 Å². The lowest BCUT2D eigenvalue weighted by Crippen LogP contribution is -2.30. The van der Waals surface area contributed by atoms with Gasteiger partial charge in [0, 0.05) is 19.3 Å². The fourth-order valence-electron chi connectivity index (χ4n) is 8.51. The van der Waals surface area contributed by atoms with Gasteiger partial charge in [0.2, 0.25) is 0 Å². The van der Waals surface area contributed by atoms with Crippen molar-refractivity contribution in [3.05, 3.63) is 182 Å². The van der Waals surface area contributed by atoms with E-state index in [1.54, 1.807) is 0 Å². The first kappa shape index (κ1) is 77.5. The molecule has 0 fully saturated rings. The van der Waals surface area contributed by atoms with Gasteiger partial charge in [0.25, 0.3) is 0 Å². The Morgan fingerprint density at radius 2 is 0.482 bits per heavy atom. The monoisotopic (exact) mass is 1140 g/mol. The summed E-state index contributed by atoms with van der Waals surface area (Å²) >= 11 is 0. The molecule has 0 saturated heterocycles. The van der Waals surface area contributed by atoms with Crippen molar-refractivity contribution < 1.29 is 28.6 Å². The molecule has 83 heavy (non-hydrogen) atoms. The van der Waals surface area contributed by atoms with Gasteiger partial charge in [-0.1, -0.05) is 293 Å². The molecule has 1 atom stereocenters. The van der Waals surface area contributed by atoms with E-state index in [1.165, 1.54) is 64.2 Å². The van der Waals surface area contributed by atoms with Crippen LogP contribution in [-0.4, -0.2) is 37.2 Å². The maximum Gasteiger partial charge on any atom is 0.306 e. The van der Waals surface area contributed by atoms with Gasteiger partial charge < -0.3 is 14.2 Å². The molecule has 0 heterocycles. The Morgan fingerprint density at radius 3 is 0.783 bits per heavy atom. The predicted octanol–water partition coefficient (Wildman–Crippen LogP) is 23.2.